The second-order valence-corrected chi connectivity index (χ2v) is 9.60. The topological polar surface area (TPSA) is 27.1 Å². The van der Waals surface area contributed by atoms with Crippen molar-refractivity contribution in [2.75, 3.05) is 7.11 Å². The normalized spacial score (nSPS) is 19.5. The van der Waals surface area contributed by atoms with Crippen LogP contribution in [0.15, 0.2) is 53.1 Å². The molecule has 1 aromatic heterocycles. The smallest absolute Gasteiger partial charge is 0.121 e. The fourth-order valence-corrected chi connectivity index (χ4v) is 5.37. The molecule has 0 saturated heterocycles. The summed E-state index contributed by atoms with van der Waals surface area (Å²) in [6.07, 6.45) is 5.64. The van der Waals surface area contributed by atoms with Crippen molar-refractivity contribution in [1.29, 1.82) is 0 Å². The maximum atomic E-state index is 5.46. The van der Waals surface area contributed by atoms with Crippen LogP contribution in [0.4, 0.5) is 0 Å². The SMILES string of the molecule is CCCCC1(C)c2cccc(Br)c2-c2c(cnn2-c2cccc(OC)c2)C1(C)C. The van der Waals surface area contributed by atoms with E-state index in [0.29, 0.717) is 0 Å². The lowest BCUT2D eigenvalue weighted by Crippen LogP contribution is -2.45. The number of fused-ring (bicyclic) bond motifs is 3. The number of hydrogen-bond acceptors (Lipinski definition) is 2. The van der Waals surface area contributed by atoms with Gasteiger partial charge in [-0.05, 0) is 30.2 Å². The molecule has 29 heavy (non-hydrogen) atoms. The second-order valence-electron chi connectivity index (χ2n) is 8.74. The first-order valence-electron chi connectivity index (χ1n) is 10.4. The van der Waals surface area contributed by atoms with Crippen LogP contribution < -0.4 is 4.74 Å². The van der Waals surface area contributed by atoms with Gasteiger partial charge in [0.25, 0.3) is 0 Å². The van der Waals surface area contributed by atoms with Crippen molar-refractivity contribution in [2.24, 2.45) is 0 Å². The van der Waals surface area contributed by atoms with E-state index in [1.807, 2.05) is 18.2 Å². The number of rotatable bonds is 5. The first-order valence-corrected chi connectivity index (χ1v) is 11.2. The zero-order chi connectivity index (χ0) is 20.8. The van der Waals surface area contributed by atoms with Gasteiger partial charge in [0.2, 0.25) is 0 Å². The highest BCUT2D eigenvalue weighted by Gasteiger charge is 2.50. The summed E-state index contributed by atoms with van der Waals surface area (Å²) >= 11 is 3.86. The van der Waals surface area contributed by atoms with Gasteiger partial charge in [0.05, 0.1) is 24.7 Å². The molecular formula is C25H29BrN2O. The van der Waals surface area contributed by atoms with Crippen molar-refractivity contribution in [3.05, 3.63) is 64.3 Å². The highest BCUT2D eigenvalue weighted by molar-refractivity contribution is 9.10. The molecule has 0 aliphatic heterocycles. The van der Waals surface area contributed by atoms with E-state index in [1.54, 1.807) is 7.11 Å². The van der Waals surface area contributed by atoms with E-state index in [4.69, 9.17) is 9.84 Å². The maximum Gasteiger partial charge on any atom is 0.121 e. The Morgan fingerprint density at radius 3 is 2.55 bits per heavy atom. The van der Waals surface area contributed by atoms with Crippen LogP contribution >= 0.6 is 15.9 Å². The molecule has 1 atom stereocenters. The van der Waals surface area contributed by atoms with E-state index in [2.05, 4.69) is 78.8 Å². The zero-order valence-electron chi connectivity index (χ0n) is 17.9. The number of methoxy groups -OCH3 is 1. The number of halogens is 1. The molecule has 0 radical (unpaired) electrons. The average molecular weight is 453 g/mol. The van der Waals surface area contributed by atoms with Crippen molar-refractivity contribution in [3.63, 3.8) is 0 Å². The Kier molecular flexibility index (Phi) is 5.10. The summed E-state index contributed by atoms with van der Waals surface area (Å²) in [6, 6.07) is 14.7. The Bertz CT molecular complexity index is 1050. The van der Waals surface area contributed by atoms with Gasteiger partial charge >= 0.3 is 0 Å². The summed E-state index contributed by atoms with van der Waals surface area (Å²) in [5.41, 5.74) is 6.17. The summed E-state index contributed by atoms with van der Waals surface area (Å²) in [6.45, 7) is 9.46. The monoisotopic (exact) mass is 452 g/mol. The number of benzene rings is 2. The molecule has 0 N–H and O–H groups in total. The molecule has 0 amide bonds. The summed E-state index contributed by atoms with van der Waals surface area (Å²) in [5.74, 6) is 0.835. The number of hydrogen-bond donors (Lipinski definition) is 0. The van der Waals surface area contributed by atoms with Gasteiger partial charge < -0.3 is 4.74 Å². The molecule has 4 rings (SSSR count). The molecule has 4 heteroatoms. The van der Waals surface area contributed by atoms with Gasteiger partial charge in [0.1, 0.15) is 5.75 Å². The fourth-order valence-electron chi connectivity index (χ4n) is 4.82. The van der Waals surface area contributed by atoms with Gasteiger partial charge in [0, 0.05) is 32.5 Å². The fraction of sp³-hybridized carbons (Fsp3) is 0.400. The highest BCUT2D eigenvalue weighted by atomic mass is 79.9. The minimum absolute atomic E-state index is 0.0391. The Morgan fingerprint density at radius 2 is 1.83 bits per heavy atom. The first kappa shape index (κ1) is 20.2. The minimum atomic E-state index is -0.0393. The van der Waals surface area contributed by atoms with Crippen LogP contribution in [-0.2, 0) is 10.8 Å². The van der Waals surface area contributed by atoms with Crippen LogP contribution in [0.5, 0.6) is 5.75 Å². The van der Waals surface area contributed by atoms with Crippen molar-refractivity contribution in [1.82, 2.24) is 9.78 Å². The van der Waals surface area contributed by atoms with Crippen LogP contribution in [0.3, 0.4) is 0 Å². The van der Waals surface area contributed by atoms with E-state index in [0.717, 1.165) is 22.3 Å². The predicted octanol–water partition coefficient (Wildman–Crippen LogP) is 7.05. The van der Waals surface area contributed by atoms with Gasteiger partial charge in [0.15, 0.2) is 0 Å². The van der Waals surface area contributed by atoms with E-state index in [9.17, 15) is 0 Å². The standard InChI is InChI=1S/C25H29BrN2O/c1-6-7-14-25(4)19-12-9-13-21(26)22(19)23-20(24(25,2)3)16-27-28(23)17-10-8-11-18(15-17)29-5/h8-13,15-16H,6-7,14H2,1-5H3. The van der Waals surface area contributed by atoms with E-state index < -0.39 is 0 Å². The van der Waals surface area contributed by atoms with Crippen molar-refractivity contribution >= 4 is 15.9 Å². The predicted molar refractivity (Wildman–Crippen MR) is 123 cm³/mol. The third-order valence-electron chi connectivity index (χ3n) is 7.00. The van der Waals surface area contributed by atoms with Crippen LogP contribution in [0, 0.1) is 0 Å². The maximum absolute atomic E-state index is 5.46. The Hall–Kier alpha value is -2.07. The molecule has 1 unspecified atom stereocenters. The third kappa shape index (κ3) is 2.95. The lowest BCUT2D eigenvalue weighted by molar-refractivity contribution is 0.247. The first-order chi connectivity index (χ1) is 13.8. The Labute approximate surface area is 182 Å². The van der Waals surface area contributed by atoms with Gasteiger partial charge in [-0.2, -0.15) is 5.10 Å². The molecule has 2 aromatic carbocycles. The molecule has 3 aromatic rings. The molecule has 3 nitrogen and oxygen atoms in total. The number of ether oxygens (including phenoxy) is 1. The average Bonchev–Trinajstić information content (AvgIpc) is 3.16. The van der Waals surface area contributed by atoms with E-state index in [-0.39, 0.29) is 10.8 Å². The van der Waals surface area contributed by atoms with Crippen LogP contribution in [0.1, 0.15) is 58.1 Å². The van der Waals surface area contributed by atoms with Gasteiger partial charge in [-0.15, -0.1) is 0 Å². The quantitative estimate of drug-likeness (QED) is 0.414. The summed E-state index contributed by atoms with van der Waals surface area (Å²) in [7, 11) is 1.70. The van der Waals surface area contributed by atoms with Crippen molar-refractivity contribution in [2.45, 2.75) is 57.8 Å². The van der Waals surface area contributed by atoms with Crippen LogP contribution in [0.25, 0.3) is 16.9 Å². The van der Waals surface area contributed by atoms with Crippen molar-refractivity contribution in [3.8, 4) is 22.7 Å². The van der Waals surface area contributed by atoms with E-state index in [1.165, 1.54) is 35.2 Å². The highest BCUT2D eigenvalue weighted by Crippen LogP contribution is 2.57. The molecule has 0 spiro atoms. The molecule has 0 bridgehead atoms. The molecule has 0 fully saturated rings. The van der Waals surface area contributed by atoms with E-state index >= 15 is 0 Å². The lowest BCUT2D eigenvalue weighted by Gasteiger charge is -2.49. The largest absolute Gasteiger partial charge is 0.497 e. The second kappa shape index (κ2) is 7.32. The third-order valence-corrected chi connectivity index (χ3v) is 7.66. The molecular weight excluding hydrogens is 424 g/mol. The summed E-state index contributed by atoms with van der Waals surface area (Å²) < 4.78 is 8.65. The molecule has 1 aliphatic rings. The number of nitrogens with zero attached hydrogens (tertiary/aromatic N) is 2. The lowest BCUT2D eigenvalue weighted by atomic mass is 9.54. The van der Waals surface area contributed by atoms with Crippen LogP contribution in [-0.4, -0.2) is 16.9 Å². The zero-order valence-corrected chi connectivity index (χ0v) is 19.5. The molecule has 1 heterocycles. The van der Waals surface area contributed by atoms with Crippen LogP contribution in [0.2, 0.25) is 0 Å². The molecule has 1 aliphatic carbocycles. The Balaban J connectivity index is 2.01. The number of unbranched alkanes of at least 4 members (excludes halogenated alkanes) is 1. The molecule has 152 valence electrons. The van der Waals surface area contributed by atoms with Gasteiger partial charge in [-0.3, -0.25) is 0 Å². The molecule has 0 saturated carbocycles. The summed E-state index contributed by atoms with van der Waals surface area (Å²) in [4.78, 5) is 0. The summed E-state index contributed by atoms with van der Waals surface area (Å²) in [5, 5.41) is 4.87. The number of aromatic nitrogens is 2. The minimum Gasteiger partial charge on any atom is -0.497 e. The van der Waals surface area contributed by atoms with Crippen molar-refractivity contribution < 1.29 is 4.74 Å². The van der Waals surface area contributed by atoms with Gasteiger partial charge in [-0.1, -0.05) is 74.7 Å². The Morgan fingerprint density at radius 1 is 1.07 bits per heavy atom. The van der Waals surface area contributed by atoms with Gasteiger partial charge in [-0.25, -0.2) is 4.68 Å².